The van der Waals surface area contributed by atoms with Gasteiger partial charge in [0.2, 0.25) is 0 Å². The van der Waals surface area contributed by atoms with Gasteiger partial charge in [-0.15, -0.1) is 0 Å². The molecule has 0 atom stereocenters. The zero-order chi connectivity index (χ0) is 22.4. The van der Waals surface area contributed by atoms with Crippen molar-refractivity contribution in [3.8, 4) is 11.1 Å². The number of rotatable bonds is 4. The molecule has 0 aliphatic heterocycles. The number of esters is 1. The van der Waals surface area contributed by atoms with Gasteiger partial charge in [0.15, 0.2) is 5.78 Å². The SMILES string of the molecule is CCOC(=O)c1c2c3c(c(Nc4ccccc4)ccc3n(C)c1=O)C(=O)c1ccccc1-2. The molecular formula is C26H20N2O4. The first kappa shape index (κ1) is 19.8. The number of aromatic nitrogens is 1. The van der Waals surface area contributed by atoms with E-state index in [1.807, 2.05) is 30.3 Å². The van der Waals surface area contributed by atoms with Crippen molar-refractivity contribution in [3.63, 3.8) is 0 Å². The van der Waals surface area contributed by atoms with Gasteiger partial charge >= 0.3 is 5.97 Å². The topological polar surface area (TPSA) is 77.4 Å². The molecule has 0 fully saturated rings. The summed E-state index contributed by atoms with van der Waals surface area (Å²) in [5.74, 6) is -0.855. The number of fused-ring (bicyclic) bond motifs is 2. The summed E-state index contributed by atoms with van der Waals surface area (Å²) in [5, 5.41) is 3.89. The highest BCUT2D eigenvalue weighted by Crippen LogP contribution is 2.43. The highest BCUT2D eigenvalue weighted by atomic mass is 16.5. The Kier molecular flexibility index (Phi) is 4.63. The molecule has 1 aliphatic rings. The molecule has 6 heteroatoms. The third-order valence-corrected chi connectivity index (χ3v) is 5.76. The predicted molar refractivity (Wildman–Crippen MR) is 124 cm³/mol. The van der Waals surface area contributed by atoms with E-state index in [0.29, 0.717) is 38.8 Å². The molecule has 158 valence electrons. The summed E-state index contributed by atoms with van der Waals surface area (Å²) >= 11 is 0. The van der Waals surface area contributed by atoms with Crippen LogP contribution in [0.25, 0.3) is 22.0 Å². The third-order valence-electron chi connectivity index (χ3n) is 5.76. The summed E-state index contributed by atoms with van der Waals surface area (Å²) in [6.45, 7) is 1.84. The first-order chi connectivity index (χ1) is 15.5. The van der Waals surface area contributed by atoms with Gasteiger partial charge in [-0.3, -0.25) is 9.59 Å². The zero-order valence-electron chi connectivity index (χ0n) is 17.6. The second kappa shape index (κ2) is 7.50. The maximum absolute atomic E-state index is 13.7. The normalized spacial score (nSPS) is 11.9. The number of para-hydroxylation sites is 1. The van der Waals surface area contributed by atoms with Crippen molar-refractivity contribution in [2.75, 3.05) is 11.9 Å². The fraction of sp³-hybridized carbons (Fsp3) is 0.115. The standard InChI is InChI=1S/C26H20N2O4/c1-3-32-26(31)23-20-16-11-7-8-12-17(16)24(29)21-18(27-15-9-5-4-6-10-15)13-14-19(22(20)21)28(2)25(23)30/h4-14,27H,3H2,1-2H3. The third kappa shape index (κ3) is 2.84. The van der Waals surface area contributed by atoms with Crippen LogP contribution in [0.1, 0.15) is 33.2 Å². The van der Waals surface area contributed by atoms with Crippen molar-refractivity contribution in [1.29, 1.82) is 0 Å². The molecule has 0 saturated carbocycles. The molecular weight excluding hydrogens is 404 g/mol. The number of benzene rings is 3. The number of aryl methyl sites for hydroxylation is 1. The average molecular weight is 424 g/mol. The van der Waals surface area contributed by atoms with Crippen LogP contribution in [-0.4, -0.2) is 22.9 Å². The Morgan fingerprint density at radius 3 is 2.31 bits per heavy atom. The number of anilines is 2. The van der Waals surface area contributed by atoms with Gasteiger partial charge in [0, 0.05) is 29.2 Å². The number of carbonyl (C=O) groups is 2. The number of carbonyl (C=O) groups excluding carboxylic acids is 2. The van der Waals surface area contributed by atoms with Crippen LogP contribution in [0.5, 0.6) is 0 Å². The van der Waals surface area contributed by atoms with E-state index in [1.54, 1.807) is 50.4 Å². The molecule has 0 saturated heterocycles. The van der Waals surface area contributed by atoms with E-state index in [0.717, 1.165) is 5.69 Å². The lowest BCUT2D eigenvalue weighted by Crippen LogP contribution is -2.29. The van der Waals surface area contributed by atoms with Crippen LogP contribution < -0.4 is 10.9 Å². The largest absolute Gasteiger partial charge is 0.462 e. The van der Waals surface area contributed by atoms with E-state index in [-0.39, 0.29) is 18.0 Å². The Hall–Kier alpha value is -4.19. The molecule has 0 bridgehead atoms. The molecule has 4 aromatic rings. The van der Waals surface area contributed by atoms with Crippen LogP contribution in [0.2, 0.25) is 0 Å². The fourth-order valence-electron chi connectivity index (χ4n) is 4.35. The van der Waals surface area contributed by atoms with Crippen molar-refractivity contribution in [2.45, 2.75) is 6.92 Å². The molecule has 1 aromatic heterocycles. The summed E-state index contributed by atoms with van der Waals surface area (Å²) < 4.78 is 6.64. The first-order valence-electron chi connectivity index (χ1n) is 10.4. The van der Waals surface area contributed by atoms with Crippen LogP contribution in [0, 0.1) is 0 Å². The Morgan fingerprint density at radius 1 is 0.906 bits per heavy atom. The first-order valence-corrected chi connectivity index (χ1v) is 10.4. The Morgan fingerprint density at radius 2 is 1.59 bits per heavy atom. The molecule has 0 radical (unpaired) electrons. The number of hydrogen-bond donors (Lipinski definition) is 1. The number of hydrogen-bond acceptors (Lipinski definition) is 5. The molecule has 0 amide bonds. The lowest BCUT2D eigenvalue weighted by molar-refractivity contribution is 0.0524. The smallest absolute Gasteiger partial charge is 0.344 e. The number of nitrogens with zero attached hydrogens (tertiary/aromatic N) is 1. The second-order valence-corrected chi connectivity index (χ2v) is 7.58. The molecule has 1 heterocycles. The fourth-order valence-corrected chi connectivity index (χ4v) is 4.35. The van der Waals surface area contributed by atoms with Gasteiger partial charge in [-0.25, -0.2) is 4.79 Å². The van der Waals surface area contributed by atoms with E-state index in [9.17, 15) is 14.4 Å². The van der Waals surface area contributed by atoms with Gasteiger partial charge in [-0.2, -0.15) is 0 Å². The van der Waals surface area contributed by atoms with Crippen molar-refractivity contribution in [3.05, 3.63) is 93.8 Å². The quantitative estimate of drug-likeness (QED) is 0.424. The van der Waals surface area contributed by atoms with E-state index in [1.165, 1.54) is 4.57 Å². The minimum atomic E-state index is -0.693. The van der Waals surface area contributed by atoms with Gasteiger partial charge in [0.05, 0.1) is 23.4 Å². The molecule has 1 N–H and O–H groups in total. The maximum atomic E-state index is 13.7. The van der Waals surface area contributed by atoms with Crippen molar-refractivity contribution < 1.29 is 14.3 Å². The molecule has 6 nitrogen and oxygen atoms in total. The van der Waals surface area contributed by atoms with Gasteiger partial charge < -0.3 is 14.6 Å². The average Bonchev–Trinajstić information content (AvgIpc) is 2.81. The van der Waals surface area contributed by atoms with Crippen LogP contribution >= 0.6 is 0 Å². The van der Waals surface area contributed by atoms with E-state index < -0.39 is 11.5 Å². The van der Waals surface area contributed by atoms with Crippen molar-refractivity contribution in [2.24, 2.45) is 7.05 Å². The number of ketones is 1. The molecule has 32 heavy (non-hydrogen) atoms. The van der Waals surface area contributed by atoms with E-state index in [4.69, 9.17) is 4.74 Å². The molecule has 3 aromatic carbocycles. The van der Waals surface area contributed by atoms with Crippen LogP contribution in [0.4, 0.5) is 11.4 Å². The monoisotopic (exact) mass is 424 g/mol. The molecule has 5 rings (SSSR count). The highest BCUT2D eigenvalue weighted by Gasteiger charge is 2.34. The zero-order valence-corrected chi connectivity index (χ0v) is 17.6. The number of pyridine rings is 1. The van der Waals surface area contributed by atoms with Crippen LogP contribution in [0.15, 0.2) is 71.5 Å². The van der Waals surface area contributed by atoms with Gasteiger partial charge in [0.1, 0.15) is 5.56 Å². The summed E-state index contributed by atoms with van der Waals surface area (Å²) in [6, 6.07) is 20.2. The maximum Gasteiger partial charge on any atom is 0.344 e. The Bertz CT molecular complexity index is 1470. The molecule has 1 aliphatic carbocycles. The van der Waals surface area contributed by atoms with Crippen LogP contribution in [-0.2, 0) is 11.8 Å². The predicted octanol–water partition coefficient (Wildman–Crippen LogP) is 4.67. The van der Waals surface area contributed by atoms with Crippen LogP contribution in [0.3, 0.4) is 0 Å². The van der Waals surface area contributed by atoms with E-state index >= 15 is 0 Å². The second-order valence-electron chi connectivity index (χ2n) is 7.58. The lowest BCUT2D eigenvalue weighted by Gasteiger charge is -2.25. The molecule has 0 unspecified atom stereocenters. The Labute approximate surface area is 184 Å². The van der Waals surface area contributed by atoms with Gasteiger partial charge in [-0.1, -0.05) is 42.5 Å². The van der Waals surface area contributed by atoms with Crippen molar-refractivity contribution in [1.82, 2.24) is 4.57 Å². The number of ether oxygens (including phenoxy) is 1. The van der Waals surface area contributed by atoms with Crippen molar-refractivity contribution >= 4 is 34.0 Å². The minimum Gasteiger partial charge on any atom is -0.462 e. The lowest BCUT2D eigenvalue weighted by atomic mass is 9.81. The molecule has 0 spiro atoms. The Balaban J connectivity index is 1.93. The summed E-state index contributed by atoms with van der Waals surface area (Å²) in [4.78, 5) is 39.8. The van der Waals surface area contributed by atoms with Gasteiger partial charge in [0.25, 0.3) is 5.56 Å². The minimum absolute atomic E-state index is 0.0556. The van der Waals surface area contributed by atoms with E-state index in [2.05, 4.69) is 5.32 Å². The highest BCUT2D eigenvalue weighted by molar-refractivity contribution is 6.29. The summed E-state index contributed by atoms with van der Waals surface area (Å²) in [6.07, 6.45) is 0. The summed E-state index contributed by atoms with van der Waals surface area (Å²) in [7, 11) is 1.60. The van der Waals surface area contributed by atoms with Gasteiger partial charge in [-0.05, 0) is 36.8 Å². The number of nitrogens with one attached hydrogen (secondary N) is 1. The summed E-state index contributed by atoms with van der Waals surface area (Å²) in [5.41, 5.74) is 3.39.